The second-order valence-electron chi connectivity index (χ2n) is 21.4. The van der Waals surface area contributed by atoms with Crippen molar-refractivity contribution in [2.24, 2.45) is 0 Å². The highest BCUT2D eigenvalue weighted by atomic mass is 16.5. The van der Waals surface area contributed by atoms with Gasteiger partial charge in [-0.3, -0.25) is 9.59 Å². The summed E-state index contributed by atoms with van der Waals surface area (Å²) in [5.74, 6) is -0.0678. The molecular weight excluding hydrogens is 863 g/mol. The smallest absolute Gasteiger partial charge is 0.305 e. The Kier molecular flexibility index (Phi) is 58.0. The van der Waals surface area contributed by atoms with Crippen LogP contribution >= 0.6 is 0 Å². The van der Waals surface area contributed by atoms with Crippen molar-refractivity contribution in [3.05, 3.63) is 36.5 Å². The van der Waals surface area contributed by atoms with E-state index in [-0.39, 0.29) is 18.5 Å². The number of allylic oxidation sites excluding steroid dienone is 5. The maximum atomic E-state index is 12.4. The first kappa shape index (κ1) is 68.1. The highest BCUT2D eigenvalue weighted by molar-refractivity contribution is 5.76. The molecule has 0 spiro atoms. The lowest BCUT2D eigenvalue weighted by atomic mass is 10.0. The van der Waals surface area contributed by atoms with Crippen molar-refractivity contribution in [3.63, 3.8) is 0 Å². The van der Waals surface area contributed by atoms with Gasteiger partial charge in [0.25, 0.3) is 0 Å². The minimum Gasteiger partial charge on any atom is -0.466 e. The van der Waals surface area contributed by atoms with Gasteiger partial charge in [0, 0.05) is 12.8 Å². The van der Waals surface area contributed by atoms with Crippen LogP contribution in [0.3, 0.4) is 0 Å². The van der Waals surface area contributed by atoms with Crippen LogP contribution in [0.5, 0.6) is 0 Å². The summed E-state index contributed by atoms with van der Waals surface area (Å²) in [7, 11) is 0. The highest BCUT2D eigenvalue weighted by Crippen LogP contribution is 2.17. The van der Waals surface area contributed by atoms with Crippen molar-refractivity contribution >= 4 is 11.9 Å². The van der Waals surface area contributed by atoms with Crippen LogP contribution in [-0.4, -0.2) is 47.4 Å². The van der Waals surface area contributed by atoms with Crippen LogP contribution in [-0.2, 0) is 14.3 Å². The highest BCUT2D eigenvalue weighted by Gasteiger charge is 2.18. The Bertz CT molecular complexity index is 1130. The molecule has 2 atom stereocenters. The molecule has 412 valence electrons. The van der Waals surface area contributed by atoms with E-state index in [1.54, 1.807) is 6.08 Å². The number of esters is 1. The van der Waals surface area contributed by atoms with Gasteiger partial charge in [0.05, 0.1) is 25.4 Å². The van der Waals surface area contributed by atoms with Crippen LogP contribution in [0.1, 0.15) is 335 Å². The molecule has 0 aromatic heterocycles. The van der Waals surface area contributed by atoms with E-state index in [1.807, 2.05) is 6.08 Å². The zero-order valence-electron chi connectivity index (χ0n) is 47.0. The van der Waals surface area contributed by atoms with Gasteiger partial charge in [-0.25, -0.2) is 0 Å². The van der Waals surface area contributed by atoms with Crippen LogP contribution in [0.25, 0.3) is 0 Å². The molecule has 0 aliphatic rings. The maximum Gasteiger partial charge on any atom is 0.305 e. The van der Waals surface area contributed by atoms with E-state index >= 15 is 0 Å². The summed E-state index contributed by atoms with van der Waals surface area (Å²) < 4.78 is 5.49. The number of carbonyl (C=O) groups excluding carboxylic acids is 2. The minimum atomic E-state index is -0.847. The molecule has 6 heteroatoms. The van der Waals surface area contributed by atoms with Gasteiger partial charge in [0.15, 0.2) is 0 Å². The molecule has 0 aliphatic heterocycles. The number of carbonyl (C=O) groups is 2. The van der Waals surface area contributed by atoms with Gasteiger partial charge in [-0.15, -0.1) is 0 Å². The molecule has 0 aromatic rings. The van der Waals surface area contributed by atoms with Crippen molar-refractivity contribution in [2.75, 3.05) is 13.2 Å². The maximum absolute atomic E-state index is 12.4. The van der Waals surface area contributed by atoms with Crippen molar-refractivity contribution in [1.82, 2.24) is 5.32 Å². The molecule has 3 N–H and O–H groups in total. The second-order valence-corrected chi connectivity index (χ2v) is 21.4. The lowest BCUT2D eigenvalue weighted by Gasteiger charge is -2.20. The predicted octanol–water partition coefficient (Wildman–Crippen LogP) is 19.6. The third kappa shape index (κ3) is 55.4. The number of rotatable bonds is 58. The molecule has 0 radical (unpaired) electrons. The summed E-state index contributed by atoms with van der Waals surface area (Å²) in [6.45, 7) is 4.90. The molecule has 1 amide bonds. The Labute approximate surface area is 436 Å². The molecule has 0 rings (SSSR count). The Morgan fingerprint density at radius 3 is 1.01 bits per heavy atom. The third-order valence-corrected chi connectivity index (χ3v) is 14.4. The number of unbranched alkanes of at least 4 members (excludes halogenated alkanes) is 43. The summed E-state index contributed by atoms with van der Waals surface area (Å²) in [5, 5.41) is 23.1. The topological polar surface area (TPSA) is 95.9 Å². The van der Waals surface area contributed by atoms with Gasteiger partial charge in [-0.05, 0) is 83.5 Å². The van der Waals surface area contributed by atoms with Gasteiger partial charge in [-0.1, -0.05) is 275 Å². The fourth-order valence-corrected chi connectivity index (χ4v) is 9.57. The summed E-state index contributed by atoms with van der Waals surface area (Å²) in [5.41, 5.74) is 0. The summed E-state index contributed by atoms with van der Waals surface area (Å²) in [6.07, 6.45) is 74.7. The lowest BCUT2D eigenvalue weighted by Crippen LogP contribution is -2.45. The van der Waals surface area contributed by atoms with E-state index in [2.05, 4.69) is 43.5 Å². The largest absolute Gasteiger partial charge is 0.466 e. The quantitative estimate of drug-likeness (QED) is 0.0321. The van der Waals surface area contributed by atoms with Gasteiger partial charge < -0.3 is 20.3 Å². The van der Waals surface area contributed by atoms with Gasteiger partial charge >= 0.3 is 5.97 Å². The van der Waals surface area contributed by atoms with Gasteiger partial charge in [0.2, 0.25) is 5.91 Å². The zero-order chi connectivity index (χ0) is 50.7. The van der Waals surface area contributed by atoms with Crippen molar-refractivity contribution in [3.8, 4) is 0 Å². The first-order valence-electron chi connectivity index (χ1n) is 31.3. The van der Waals surface area contributed by atoms with Crippen LogP contribution in [0.15, 0.2) is 36.5 Å². The molecule has 6 nitrogen and oxygen atoms in total. The summed E-state index contributed by atoms with van der Waals surface area (Å²) in [6, 6.07) is -0.631. The number of aliphatic hydroxyl groups excluding tert-OH is 2. The minimum absolute atomic E-state index is 0.00461. The van der Waals surface area contributed by atoms with Crippen molar-refractivity contribution < 1.29 is 24.5 Å². The average molecular weight is 985 g/mol. The monoisotopic (exact) mass is 984 g/mol. The number of amides is 1. The number of hydrogen-bond donors (Lipinski definition) is 3. The fourth-order valence-electron chi connectivity index (χ4n) is 9.57. The third-order valence-electron chi connectivity index (χ3n) is 14.4. The molecule has 70 heavy (non-hydrogen) atoms. The second kappa shape index (κ2) is 59.6. The SMILES string of the molecule is CCCCCCCCC/C=C\CCCCCCCC(=O)OCCCCCCCCCCCCCC/C=C\CCCCCCCCCCC(=O)NC(CO)C(O)/C=C/CCCCCCCCCCCCC. The van der Waals surface area contributed by atoms with Crippen LogP contribution < -0.4 is 5.32 Å². The number of ether oxygens (including phenoxy) is 1. The first-order chi connectivity index (χ1) is 34.5. The lowest BCUT2D eigenvalue weighted by molar-refractivity contribution is -0.143. The van der Waals surface area contributed by atoms with Crippen LogP contribution in [0, 0.1) is 0 Å². The van der Waals surface area contributed by atoms with Crippen molar-refractivity contribution in [2.45, 2.75) is 347 Å². The van der Waals surface area contributed by atoms with Crippen molar-refractivity contribution in [1.29, 1.82) is 0 Å². The predicted molar refractivity (Wildman–Crippen MR) is 306 cm³/mol. The van der Waals surface area contributed by atoms with E-state index in [1.165, 1.54) is 263 Å². The first-order valence-corrected chi connectivity index (χ1v) is 31.3. The van der Waals surface area contributed by atoms with E-state index in [0.717, 1.165) is 44.9 Å². The van der Waals surface area contributed by atoms with E-state index < -0.39 is 12.1 Å². The van der Waals surface area contributed by atoms with E-state index in [9.17, 15) is 19.8 Å². The number of nitrogens with one attached hydrogen (secondary N) is 1. The Balaban J connectivity index is 3.41. The van der Waals surface area contributed by atoms with Crippen LogP contribution in [0.4, 0.5) is 0 Å². The summed E-state index contributed by atoms with van der Waals surface area (Å²) in [4.78, 5) is 24.5. The zero-order valence-corrected chi connectivity index (χ0v) is 47.0. The molecule has 0 saturated heterocycles. The summed E-state index contributed by atoms with van der Waals surface area (Å²) >= 11 is 0. The van der Waals surface area contributed by atoms with E-state index in [4.69, 9.17) is 4.74 Å². The molecule has 0 aromatic carbocycles. The molecule has 0 fully saturated rings. The van der Waals surface area contributed by atoms with Crippen LogP contribution in [0.2, 0.25) is 0 Å². The fraction of sp³-hybridized carbons (Fsp3) is 0.875. The molecule has 0 aliphatic carbocycles. The molecule has 0 saturated carbocycles. The molecular formula is C64H121NO5. The normalized spacial score (nSPS) is 12.8. The number of hydrogen-bond acceptors (Lipinski definition) is 5. The number of aliphatic hydroxyl groups is 2. The Morgan fingerprint density at radius 1 is 0.386 bits per heavy atom. The molecule has 0 bridgehead atoms. The molecule has 2 unspecified atom stereocenters. The van der Waals surface area contributed by atoms with Gasteiger partial charge in [0.1, 0.15) is 0 Å². The van der Waals surface area contributed by atoms with E-state index in [0.29, 0.717) is 19.4 Å². The Morgan fingerprint density at radius 2 is 0.671 bits per heavy atom. The van der Waals surface area contributed by atoms with Gasteiger partial charge in [-0.2, -0.15) is 0 Å². The standard InChI is InChI=1S/C64H121NO5/c1-3-5-7-9-11-13-15-17-18-30-34-38-42-46-50-54-58-64(69)70-59-55-51-47-43-39-35-31-28-26-24-22-20-19-21-23-25-27-29-33-37-41-45-49-53-57-63(68)65-61(60-66)62(67)56-52-48-44-40-36-32-16-14-12-10-8-6-4-2/h18,21,23,30,52,56,61-62,66-67H,3-17,19-20,22,24-29,31-51,53-55,57-60H2,1-2H3,(H,65,68)/b23-21-,30-18-,56-52+. The average Bonchev–Trinajstić information content (AvgIpc) is 3.36. The Hall–Kier alpha value is -1.92. The molecule has 0 heterocycles.